The van der Waals surface area contributed by atoms with E-state index in [0.717, 1.165) is 0 Å². The second-order valence-electron chi connectivity index (χ2n) is 7.47. The Morgan fingerprint density at radius 2 is 1.89 bits per heavy atom. The van der Waals surface area contributed by atoms with Crippen molar-refractivity contribution in [2.45, 2.75) is 41.2 Å². The van der Waals surface area contributed by atoms with Gasteiger partial charge in [-0.25, -0.2) is 9.78 Å². The summed E-state index contributed by atoms with van der Waals surface area (Å²) < 4.78 is 1.30. The summed E-state index contributed by atoms with van der Waals surface area (Å²) in [4.78, 5) is 45.7. The number of carbonyl (C=O) groups is 1. The summed E-state index contributed by atoms with van der Waals surface area (Å²) >= 11 is 0. The summed E-state index contributed by atoms with van der Waals surface area (Å²) in [6.45, 7) is 10.1. The van der Waals surface area contributed by atoms with Crippen molar-refractivity contribution in [2.75, 3.05) is 17.2 Å². The predicted octanol–water partition coefficient (Wildman–Crippen LogP) is 1.78. The zero-order chi connectivity index (χ0) is 20.3. The standard InChI is InChI=1S/C19H27N5O3/c1-11(2)9-23(18(26)14-8-6-7-13(5)21-14)15-16(20)24(10-12(3)4)19(27)22-17(15)25/h6-8,11-12H,9-10,20H2,1-5H3,(H,22,25,27). The van der Waals surface area contributed by atoms with Crippen LogP contribution in [0.2, 0.25) is 0 Å². The van der Waals surface area contributed by atoms with Crippen molar-refractivity contribution in [3.63, 3.8) is 0 Å². The second kappa shape index (κ2) is 8.20. The van der Waals surface area contributed by atoms with Crippen LogP contribution < -0.4 is 21.9 Å². The normalized spacial score (nSPS) is 11.2. The van der Waals surface area contributed by atoms with Gasteiger partial charge in [0, 0.05) is 18.8 Å². The van der Waals surface area contributed by atoms with Gasteiger partial charge in [-0.05, 0) is 30.9 Å². The second-order valence-corrected chi connectivity index (χ2v) is 7.47. The molecule has 2 aromatic heterocycles. The van der Waals surface area contributed by atoms with Crippen molar-refractivity contribution in [3.05, 3.63) is 50.4 Å². The molecule has 0 spiro atoms. The summed E-state index contributed by atoms with van der Waals surface area (Å²) in [7, 11) is 0. The van der Waals surface area contributed by atoms with E-state index in [1.807, 2.05) is 27.7 Å². The molecule has 2 aromatic rings. The van der Waals surface area contributed by atoms with E-state index < -0.39 is 17.2 Å². The molecule has 3 N–H and O–H groups in total. The molecule has 8 heteroatoms. The molecule has 0 saturated carbocycles. The Kier molecular flexibility index (Phi) is 6.20. The van der Waals surface area contributed by atoms with Gasteiger partial charge >= 0.3 is 5.69 Å². The number of carbonyl (C=O) groups excluding carboxylic acids is 1. The SMILES string of the molecule is Cc1cccc(C(=O)N(CC(C)C)c2c(N)n(CC(C)C)c(=O)[nH]c2=O)n1. The molecular formula is C19H27N5O3. The van der Waals surface area contributed by atoms with Gasteiger partial charge < -0.3 is 5.73 Å². The smallest absolute Gasteiger partial charge is 0.330 e. The van der Waals surface area contributed by atoms with Crippen LogP contribution in [0, 0.1) is 18.8 Å². The molecular weight excluding hydrogens is 346 g/mol. The Hall–Kier alpha value is -2.90. The fourth-order valence-corrected chi connectivity index (χ4v) is 2.83. The maximum absolute atomic E-state index is 13.1. The van der Waals surface area contributed by atoms with Crippen LogP contribution in [-0.2, 0) is 6.54 Å². The van der Waals surface area contributed by atoms with E-state index in [9.17, 15) is 14.4 Å². The van der Waals surface area contributed by atoms with Crippen molar-refractivity contribution < 1.29 is 4.79 Å². The maximum Gasteiger partial charge on any atom is 0.330 e. The number of aromatic nitrogens is 3. The minimum Gasteiger partial charge on any atom is -0.383 e. The number of nitrogens with two attached hydrogens (primary N) is 1. The number of hydrogen-bond acceptors (Lipinski definition) is 5. The number of pyridine rings is 1. The van der Waals surface area contributed by atoms with Gasteiger partial charge in [0.1, 0.15) is 11.5 Å². The molecule has 1 amide bonds. The highest BCUT2D eigenvalue weighted by Crippen LogP contribution is 2.21. The Bertz CT molecular complexity index is 943. The third-order valence-corrected chi connectivity index (χ3v) is 3.93. The van der Waals surface area contributed by atoms with Crippen LogP contribution in [0.3, 0.4) is 0 Å². The van der Waals surface area contributed by atoms with Crippen LogP contribution in [0.25, 0.3) is 0 Å². The Morgan fingerprint density at radius 1 is 1.22 bits per heavy atom. The number of rotatable bonds is 6. The van der Waals surface area contributed by atoms with Crippen LogP contribution in [0.4, 0.5) is 11.5 Å². The van der Waals surface area contributed by atoms with Crippen molar-refractivity contribution >= 4 is 17.4 Å². The van der Waals surface area contributed by atoms with E-state index >= 15 is 0 Å². The average molecular weight is 373 g/mol. The molecule has 0 aliphatic rings. The van der Waals surface area contributed by atoms with Crippen LogP contribution in [0.1, 0.15) is 43.9 Å². The summed E-state index contributed by atoms with van der Waals surface area (Å²) in [5, 5.41) is 0. The van der Waals surface area contributed by atoms with E-state index in [2.05, 4.69) is 9.97 Å². The molecule has 0 saturated heterocycles. The van der Waals surface area contributed by atoms with Crippen LogP contribution in [0.15, 0.2) is 27.8 Å². The molecule has 27 heavy (non-hydrogen) atoms. The molecule has 2 rings (SSSR count). The zero-order valence-corrected chi connectivity index (χ0v) is 16.4. The van der Waals surface area contributed by atoms with Crippen LogP contribution in [-0.4, -0.2) is 27.0 Å². The lowest BCUT2D eigenvalue weighted by Gasteiger charge is -2.26. The Labute approximate surface area is 158 Å². The molecule has 0 aliphatic carbocycles. The van der Waals surface area contributed by atoms with Crippen molar-refractivity contribution in [2.24, 2.45) is 11.8 Å². The molecule has 0 atom stereocenters. The van der Waals surface area contributed by atoms with E-state index in [-0.39, 0.29) is 35.6 Å². The Balaban J connectivity index is 2.65. The highest BCUT2D eigenvalue weighted by Gasteiger charge is 2.26. The van der Waals surface area contributed by atoms with Crippen molar-refractivity contribution in [3.8, 4) is 0 Å². The van der Waals surface area contributed by atoms with E-state index in [4.69, 9.17) is 5.73 Å². The minimum atomic E-state index is -0.681. The first kappa shape index (κ1) is 20.4. The van der Waals surface area contributed by atoms with Crippen LogP contribution >= 0.6 is 0 Å². The monoisotopic (exact) mass is 373 g/mol. The van der Waals surface area contributed by atoms with Gasteiger partial charge in [0.25, 0.3) is 11.5 Å². The zero-order valence-electron chi connectivity index (χ0n) is 16.4. The largest absolute Gasteiger partial charge is 0.383 e. The topological polar surface area (TPSA) is 114 Å². The summed E-state index contributed by atoms with van der Waals surface area (Å²) in [6, 6.07) is 5.11. The predicted molar refractivity (Wildman–Crippen MR) is 106 cm³/mol. The molecule has 146 valence electrons. The third-order valence-electron chi connectivity index (χ3n) is 3.93. The molecule has 0 bridgehead atoms. The number of hydrogen-bond donors (Lipinski definition) is 2. The van der Waals surface area contributed by atoms with E-state index in [1.165, 1.54) is 9.47 Å². The van der Waals surface area contributed by atoms with Gasteiger partial charge in [0.05, 0.1) is 0 Å². The minimum absolute atomic E-state index is 0.0147. The number of aromatic amines is 1. The van der Waals surface area contributed by atoms with Gasteiger partial charge in [-0.1, -0.05) is 33.8 Å². The molecule has 0 aromatic carbocycles. The first-order valence-corrected chi connectivity index (χ1v) is 9.00. The molecule has 0 radical (unpaired) electrons. The summed E-state index contributed by atoms with van der Waals surface area (Å²) in [6.07, 6.45) is 0. The first-order valence-electron chi connectivity index (χ1n) is 9.00. The molecule has 8 nitrogen and oxygen atoms in total. The van der Waals surface area contributed by atoms with Crippen molar-refractivity contribution in [1.82, 2.24) is 14.5 Å². The van der Waals surface area contributed by atoms with E-state index in [1.54, 1.807) is 25.1 Å². The fraction of sp³-hybridized carbons (Fsp3) is 0.474. The lowest BCUT2D eigenvalue weighted by atomic mass is 10.1. The van der Waals surface area contributed by atoms with Gasteiger partial charge in [-0.3, -0.25) is 24.0 Å². The average Bonchev–Trinajstić information content (AvgIpc) is 2.56. The van der Waals surface area contributed by atoms with E-state index in [0.29, 0.717) is 12.2 Å². The Morgan fingerprint density at radius 3 is 2.44 bits per heavy atom. The number of nitrogens with zero attached hydrogens (tertiary/aromatic N) is 3. The number of anilines is 2. The highest BCUT2D eigenvalue weighted by molar-refractivity contribution is 6.06. The van der Waals surface area contributed by atoms with Crippen LogP contribution in [0.5, 0.6) is 0 Å². The van der Waals surface area contributed by atoms with Gasteiger partial charge in [-0.15, -0.1) is 0 Å². The highest BCUT2D eigenvalue weighted by atomic mass is 16.2. The first-order chi connectivity index (χ1) is 12.6. The van der Waals surface area contributed by atoms with Gasteiger partial charge in [-0.2, -0.15) is 0 Å². The summed E-state index contributed by atoms with van der Waals surface area (Å²) in [5.41, 5.74) is 5.81. The number of amides is 1. The third kappa shape index (κ3) is 4.64. The maximum atomic E-state index is 13.1. The van der Waals surface area contributed by atoms with Gasteiger partial charge in [0.15, 0.2) is 5.69 Å². The lowest BCUT2D eigenvalue weighted by molar-refractivity contribution is 0.0978. The molecule has 2 heterocycles. The van der Waals surface area contributed by atoms with Gasteiger partial charge in [0.2, 0.25) is 0 Å². The summed E-state index contributed by atoms with van der Waals surface area (Å²) in [5.74, 6) is -0.238. The number of nitrogen functional groups attached to an aromatic ring is 1. The quantitative estimate of drug-likeness (QED) is 0.801. The number of nitrogens with one attached hydrogen (secondary N) is 1. The molecule has 0 fully saturated rings. The molecule has 0 aliphatic heterocycles. The number of H-pyrrole nitrogens is 1. The molecule has 0 unspecified atom stereocenters. The number of aryl methyl sites for hydroxylation is 1. The van der Waals surface area contributed by atoms with Crippen molar-refractivity contribution in [1.29, 1.82) is 0 Å². The fourth-order valence-electron chi connectivity index (χ4n) is 2.83. The lowest BCUT2D eigenvalue weighted by Crippen LogP contribution is -2.43.